The summed E-state index contributed by atoms with van der Waals surface area (Å²) in [5, 5.41) is 0. The first-order valence-corrected chi connectivity index (χ1v) is 4.05. The summed E-state index contributed by atoms with van der Waals surface area (Å²) >= 11 is 0. The lowest BCUT2D eigenvalue weighted by atomic mass is 10.0. The Morgan fingerprint density at radius 1 is 1.30 bits per heavy atom. The molecule has 0 atom stereocenters. The molecule has 0 aromatic rings. The van der Waals surface area contributed by atoms with Crippen molar-refractivity contribution in [3.8, 4) is 0 Å². The van der Waals surface area contributed by atoms with E-state index in [9.17, 15) is 0 Å². The summed E-state index contributed by atoms with van der Waals surface area (Å²) in [5.41, 5.74) is 0. The average molecular weight is 140 g/mol. The van der Waals surface area contributed by atoms with Gasteiger partial charge in [-0.1, -0.05) is 0 Å². The number of rotatable bonds is 1. The minimum Gasteiger partial charge on any atom is -0.349 e. The molecule has 10 heavy (non-hydrogen) atoms. The van der Waals surface area contributed by atoms with Crippen LogP contribution in [0.25, 0.3) is 0 Å². The van der Waals surface area contributed by atoms with Crippen molar-refractivity contribution in [2.24, 2.45) is 0 Å². The van der Waals surface area contributed by atoms with Gasteiger partial charge in [-0.25, -0.2) is 0 Å². The molecule has 0 amide bonds. The van der Waals surface area contributed by atoms with E-state index in [-0.39, 0.29) is 0 Å². The van der Waals surface area contributed by atoms with Crippen LogP contribution in [0.15, 0.2) is 0 Å². The van der Waals surface area contributed by atoms with E-state index in [2.05, 4.69) is 31.8 Å². The van der Waals surface area contributed by atoms with Crippen LogP contribution in [0.4, 0.5) is 0 Å². The Morgan fingerprint density at radius 3 is 2.20 bits per heavy atom. The lowest BCUT2D eigenvalue weighted by Crippen LogP contribution is -2.40. The van der Waals surface area contributed by atoms with Crippen molar-refractivity contribution in [3.63, 3.8) is 0 Å². The Labute approximate surface area is 64.6 Å². The molecule has 0 saturated carbocycles. The second kappa shape index (κ2) is 3.40. The van der Waals surface area contributed by atoms with Gasteiger partial charge < -0.3 is 9.71 Å². The molecule has 0 aliphatic carbocycles. The molecule has 1 fully saturated rings. The van der Waals surface area contributed by atoms with Crippen molar-refractivity contribution in [1.29, 1.82) is 0 Å². The molecule has 1 aliphatic rings. The Kier molecular flexibility index (Phi) is 2.75. The fourth-order valence-corrected chi connectivity index (χ4v) is 1.51. The highest BCUT2D eigenvalue weighted by Gasteiger charge is 2.17. The molecule has 0 radical (unpaired) electrons. The normalized spacial score (nSPS) is 23.9. The first kappa shape index (κ1) is 8.09. The average Bonchev–Trinajstić information content (AvgIpc) is 1.88. The zero-order chi connectivity index (χ0) is 7.56. The highest BCUT2D eigenvalue weighted by molar-refractivity contribution is 6.04. The molecule has 3 heteroatoms. The van der Waals surface area contributed by atoms with Gasteiger partial charge in [-0.05, 0) is 40.0 Å². The zero-order valence-corrected chi connectivity index (χ0v) is 7.30. The molecule has 58 valence electrons. The van der Waals surface area contributed by atoms with Gasteiger partial charge in [0.25, 0.3) is 0 Å². The first-order chi connectivity index (χ1) is 4.70. The summed E-state index contributed by atoms with van der Waals surface area (Å²) in [5.74, 6) is 0. The van der Waals surface area contributed by atoms with Crippen molar-refractivity contribution in [2.75, 3.05) is 27.2 Å². The SMILES string of the molecule is BN1CCC(N(C)C)CC1. The van der Waals surface area contributed by atoms with Crippen molar-refractivity contribution in [1.82, 2.24) is 9.71 Å². The van der Waals surface area contributed by atoms with Gasteiger partial charge in [0, 0.05) is 6.04 Å². The van der Waals surface area contributed by atoms with Gasteiger partial charge in [0.2, 0.25) is 0 Å². The highest BCUT2D eigenvalue weighted by atomic mass is 15.1. The van der Waals surface area contributed by atoms with E-state index in [0.717, 1.165) is 6.04 Å². The molecule has 1 rings (SSSR count). The molecule has 1 saturated heterocycles. The molecule has 1 heterocycles. The van der Waals surface area contributed by atoms with Crippen molar-refractivity contribution < 1.29 is 0 Å². The largest absolute Gasteiger partial charge is 0.349 e. The number of piperidine rings is 1. The topological polar surface area (TPSA) is 6.48 Å². The monoisotopic (exact) mass is 140 g/mol. The molecular weight excluding hydrogens is 123 g/mol. The lowest BCUT2D eigenvalue weighted by Gasteiger charge is -2.33. The number of nitrogens with zero attached hydrogens (tertiary/aromatic N) is 2. The molecule has 0 unspecified atom stereocenters. The molecular formula is C7H17BN2. The first-order valence-electron chi connectivity index (χ1n) is 4.05. The smallest absolute Gasteiger partial charge is 0.185 e. The molecule has 2 nitrogen and oxygen atoms in total. The van der Waals surface area contributed by atoms with Crippen LogP contribution in [0.3, 0.4) is 0 Å². The molecule has 0 bridgehead atoms. The molecule has 0 spiro atoms. The maximum Gasteiger partial charge on any atom is 0.185 e. The second-order valence-corrected chi connectivity index (χ2v) is 3.50. The Hall–Kier alpha value is -0.0151. The summed E-state index contributed by atoms with van der Waals surface area (Å²) in [6.45, 7) is 2.53. The van der Waals surface area contributed by atoms with Gasteiger partial charge in [0.15, 0.2) is 7.98 Å². The number of hydrogen-bond acceptors (Lipinski definition) is 2. The Balaban J connectivity index is 2.26. The summed E-state index contributed by atoms with van der Waals surface area (Å²) in [7, 11) is 6.55. The van der Waals surface area contributed by atoms with Crippen molar-refractivity contribution in [3.05, 3.63) is 0 Å². The summed E-state index contributed by atoms with van der Waals surface area (Å²) in [4.78, 5) is 4.74. The third-order valence-corrected chi connectivity index (χ3v) is 2.42. The summed E-state index contributed by atoms with van der Waals surface area (Å²) < 4.78 is 0. The predicted molar refractivity (Wildman–Crippen MR) is 46.8 cm³/mol. The van der Waals surface area contributed by atoms with Crippen LogP contribution in [-0.2, 0) is 0 Å². The van der Waals surface area contributed by atoms with Gasteiger partial charge in [0.05, 0.1) is 0 Å². The molecule has 0 N–H and O–H groups in total. The third-order valence-electron chi connectivity index (χ3n) is 2.42. The van der Waals surface area contributed by atoms with Crippen LogP contribution in [-0.4, -0.2) is 50.9 Å². The minimum atomic E-state index is 0.830. The summed E-state index contributed by atoms with van der Waals surface area (Å²) in [6, 6.07) is 0.830. The lowest BCUT2D eigenvalue weighted by molar-refractivity contribution is 0.199. The summed E-state index contributed by atoms with van der Waals surface area (Å²) in [6.07, 6.45) is 2.67. The second-order valence-electron chi connectivity index (χ2n) is 3.50. The van der Waals surface area contributed by atoms with Crippen LogP contribution in [0, 0.1) is 0 Å². The van der Waals surface area contributed by atoms with Crippen molar-refractivity contribution in [2.45, 2.75) is 18.9 Å². The molecule has 0 aromatic heterocycles. The van der Waals surface area contributed by atoms with Crippen LogP contribution in [0.1, 0.15) is 12.8 Å². The van der Waals surface area contributed by atoms with E-state index in [4.69, 9.17) is 0 Å². The molecule has 0 aromatic carbocycles. The van der Waals surface area contributed by atoms with Crippen LogP contribution < -0.4 is 0 Å². The highest BCUT2D eigenvalue weighted by Crippen LogP contribution is 2.11. The van der Waals surface area contributed by atoms with Gasteiger partial charge in [-0.15, -0.1) is 0 Å². The van der Waals surface area contributed by atoms with Gasteiger partial charge in [-0.2, -0.15) is 0 Å². The fourth-order valence-electron chi connectivity index (χ4n) is 1.51. The number of hydrogen-bond donors (Lipinski definition) is 0. The maximum absolute atomic E-state index is 2.40. The van der Waals surface area contributed by atoms with Crippen LogP contribution in [0.2, 0.25) is 0 Å². The van der Waals surface area contributed by atoms with E-state index < -0.39 is 0 Å². The Bertz CT molecular complexity index is 97.8. The zero-order valence-electron chi connectivity index (χ0n) is 7.30. The third kappa shape index (κ3) is 1.99. The fraction of sp³-hybridized carbons (Fsp3) is 1.00. The van der Waals surface area contributed by atoms with Crippen LogP contribution in [0.5, 0.6) is 0 Å². The predicted octanol–water partition coefficient (Wildman–Crippen LogP) is -0.440. The van der Waals surface area contributed by atoms with Crippen molar-refractivity contribution >= 4 is 7.98 Å². The van der Waals surface area contributed by atoms with E-state index in [1.165, 1.54) is 25.9 Å². The maximum atomic E-state index is 2.40. The van der Waals surface area contributed by atoms with Gasteiger partial charge >= 0.3 is 0 Å². The molecule has 1 aliphatic heterocycles. The quantitative estimate of drug-likeness (QED) is 0.455. The standard InChI is InChI=1S/C7H17BN2/c1-9(2)7-3-5-10(8)6-4-7/h7H,3-6,8H2,1-2H3. The van der Waals surface area contributed by atoms with E-state index >= 15 is 0 Å². The Morgan fingerprint density at radius 2 is 1.80 bits per heavy atom. The van der Waals surface area contributed by atoms with E-state index in [0.29, 0.717) is 0 Å². The minimum absolute atomic E-state index is 0.830. The van der Waals surface area contributed by atoms with Gasteiger partial charge in [-0.3, -0.25) is 0 Å². The van der Waals surface area contributed by atoms with Crippen LogP contribution >= 0.6 is 0 Å². The van der Waals surface area contributed by atoms with Gasteiger partial charge in [0.1, 0.15) is 0 Å². The van der Waals surface area contributed by atoms with E-state index in [1.54, 1.807) is 0 Å². The van der Waals surface area contributed by atoms with E-state index in [1.807, 2.05) is 0 Å².